The summed E-state index contributed by atoms with van der Waals surface area (Å²) in [6.07, 6.45) is -3.97. The van der Waals surface area contributed by atoms with Crippen molar-refractivity contribution in [2.75, 3.05) is 44.8 Å². The smallest absolute Gasteiger partial charge is 0.475 e. The maximum Gasteiger partial charge on any atom is 0.490 e. The lowest BCUT2D eigenvalue weighted by Gasteiger charge is -2.23. The fourth-order valence-corrected chi connectivity index (χ4v) is 4.56. The Morgan fingerprint density at radius 1 is 1.30 bits per heavy atom. The zero-order valence-corrected chi connectivity index (χ0v) is 17.8. The number of hydrogen-bond acceptors (Lipinski definition) is 7. The Labute approximate surface area is 176 Å². The SMILES string of the molecule is CS(=O)(=O)CC(=O)N1C[C@@H]2CN(Cc3ccsc3)CCO[C@@H]2C1.O=C(O)C(F)(F)F. The highest BCUT2D eigenvalue weighted by atomic mass is 32.2. The number of hydrogen-bond donors (Lipinski definition) is 1. The fraction of sp³-hybridized carbons (Fsp3) is 0.647. The van der Waals surface area contributed by atoms with Crippen molar-refractivity contribution in [2.24, 2.45) is 5.92 Å². The van der Waals surface area contributed by atoms with Gasteiger partial charge in [-0.1, -0.05) is 0 Å². The van der Waals surface area contributed by atoms with Crippen molar-refractivity contribution in [1.82, 2.24) is 9.80 Å². The average Bonchev–Trinajstić information content (AvgIpc) is 3.20. The first-order valence-electron chi connectivity index (χ1n) is 8.96. The number of aliphatic carboxylic acids is 1. The molecule has 0 spiro atoms. The van der Waals surface area contributed by atoms with Crippen LogP contribution in [0.5, 0.6) is 0 Å². The summed E-state index contributed by atoms with van der Waals surface area (Å²) in [7, 11) is -3.29. The molecule has 1 amide bonds. The molecule has 8 nitrogen and oxygen atoms in total. The van der Waals surface area contributed by atoms with Crippen molar-refractivity contribution < 1.29 is 41.0 Å². The molecule has 3 heterocycles. The van der Waals surface area contributed by atoms with Gasteiger partial charge in [-0.3, -0.25) is 9.69 Å². The molecule has 2 saturated heterocycles. The summed E-state index contributed by atoms with van der Waals surface area (Å²) in [4.78, 5) is 25.0. The van der Waals surface area contributed by atoms with Crippen LogP contribution in [0.25, 0.3) is 0 Å². The molecule has 3 rings (SSSR count). The molecule has 0 aromatic carbocycles. The highest BCUT2D eigenvalue weighted by molar-refractivity contribution is 7.91. The lowest BCUT2D eigenvalue weighted by atomic mass is 10.1. The maximum atomic E-state index is 12.1. The first-order chi connectivity index (χ1) is 13.8. The number of sulfone groups is 1. The van der Waals surface area contributed by atoms with E-state index in [0.29, 0.717) is 19.7 Å². The van der Waals surface area contributed by atoms with E-state index in [1.165, 1.54) is 5.56 Å². The van der Waals surface area contributed by atoms with Crippen molar-refractivity contribution in [1.29, 1.82) is 0 Å². The lowest BCUT2D eigenvalue weighted by molar-refractivity contribution is -0.192. The van der Waals surface area contributed by atoms with Crippen molar-refractivity contribution in [3.8, 4) is 0 Å². The summed E-state index contributed by atoms with van der Waals surface area (Å²) >= 11 is 1.69. The number of carboxylic acids is 1. The van der Waals surface area contributed by atoms with Crippen LogP contribution in [0.15, 0.2) is 16.8 Å². The monoisotopic (exact) mass is 472 g/mol. The van der Waals surface area contributed by atoms with E-state index in [0.717, 1.165) is 25.9 Å². The van der Waals surface area contributed by atoms with Crippen LogP contribution < -0.4 is 0 Å². The van der Waals surface area contributed by atoms with Crippen LogP contribution >= 0.6 is 11.3 Å². The van der Waals surface area contributed by atoms with E-state index in [2.05, 4.69) is 21.7 Å². The van der Waals surface area contributed by atoms with Crippen LogP contribution in [0.3, 0.4) is 0 Å². The van der Waals surface area contributed by atoms with Crippen LogP contribution in [0.1, 0.15) is 5.56 Å². The van der Waals surface area contributed by atoms with Crippen molar-refractivity contribution >= 4 is 33.1 Å². The van der Waals surface area contributed by atoms with E-state index in [-0.39, 0.29) is 17.9 Å². The van der Waals surface area contributed by atoms with E-state index in [4.69, 9.17) is 14.6 Å². The number of alkyl halides is 3. The van der Waals surface area contributed by atoms with Gasteiger partial charge >= 0.3 is 12.1 Å². The molecule has 0 aliphatic carbocycles. The number of carboxylic acid groups (broad SMARTS) is 1. The van der Waals surface area contributed by atoms with E-state index < -0.39 is 27.7 Å². The molecule has 0 bridgehead atoms. The number of fused-ring (bicyclic) bond motifs is 1. The van der Waals surface area contributed by atoms with Crippen molar-refractivity contribution in [3.63, 3.8) is 0 Å². The van der Waals surface area contributed by atoms with E-state index in [9.17, 15) is 26.4 Å². The molecule has 1 N–H and O–H groups in total. The van der Waals surface area contributed by atoms with Crippen LogP contribution in [0.2, 0.25) is 0 Å². The number of ether oxygens (including phenoxy) is 1. The number of carbonyl (C=O) groups excluding carboxylic acids is 1. The number of rotatable bonds is 4. The van der Waals surface area contributed by atoms with Crippen LogP contribution in [0.4, 0.5) is 13.2 Å². The number of halogens is 3. The second kappa shape index (κ2) is 10.1. The number of nitrogens with zero attached hydrogens (tertiary/aromatic N) is 2. The third-order valence-corrected chi connectivity index (χ3v) is 6.08. The predicted octanol–water partition coefficient (Wildman–Crippen LogP) is 1.09. The van der Waals surface area contributed by atoms with Gasteiger partial charge in [0.05, 0.1) is 12.7 Å². The van der Waals surface area contributed by atoms with Crippen LogP contribution in [-0.2, 0) is 30.7 Å². The third-order valence-electron chi connectivity index (χ3n) is 4.58. The first-order valence-corrected chi connectivity index (χ1v) is 12.0. The largest absolute Gasteiger partial charge is 0.490 e. The minimum atomic E-state index is -5.08. The van der Waals surface area contributed by atoms with Crippen LogP contribution in [0, 0.1) is 5.92 Å². The Morgan fingerprint density at radius 3 is 2.50 bits per heavy atom. The molecule has 2 aliphatic rings. The third kappa shape index (κ3) is 7.85. The second-order valence-corrected chi connectivity index (χ2v) is 10.1. The molecule has 170 valence electrons. The highest BCUT2D eigenvalue weighted by Crippen LogP contribution is 2.25. The van der Waals surface area contributed by atoms with E-state index in [1.54, 1.807) is 16.2 Å². The molecule has 1 aromatic heterocycles. The molecule has 0 saturated carbocycles. The molecule has 1 aromatic rings. The van der Waals surface area contributed by atoms with Gasteiger partial charge in [0.1, 0.15) is 5.75 Å². The van der Waals surface area contributed by atoms with Gasteiger partial charge in [-0.05, 0) is 22.4 Å². The molecule has 2 atom stereocenters. The Morgan fingerprint density at radius 2 is 1.97 bits per heavy atom. The summed E-state index contributed by atoms with van der Waals surface area (Å²) in [6, 6.07) is 2.13. The van der Waals surface area contributed by atoms with Gasteiger partial charge in [-0.25, -0.2) is 13.2 Å². The maximum absolute atomic E-state index is 12.1. The molecular formula is C17H23F3N2O6S2. The minimum Gasteiger partial charge on any atom is -0.475 e. The van der Waals surface area contributed by atoms with Gasteiger partial charge in [0.2, 0.25) is 5.91 Å². The van der Waals surface area contributed by atoms with Gasteiger partial charge in [0.15, 0.2) is 9.84 Å². The fourth-order valence-electron chi connectivity index (χ4n) is 3.27. The molecule has 0 radical (unpaired) electrons. The van der Waals surface area contributed by atoms with E-state index in [1.807, 2.05) is 0 Å². The molecule has 0 unspecified atom stereocenters. The summed E-state index contributed by atoms with van der Waals surface area (Å²) in [5.74, 6) is -3.23. The Bertz CT molecular complexity index is 829. The first kappa shape index (κ1) is 24.6. The van der Waals surface area contributed by atoms with Crippen LogP contribution in [-0.4, -0.2) is 92.3 Å². The topological polar surface area (TPSA) is 104 Å². The molecule has 30 heavy (non-hydrogen) atoms. The zero-order valence-electron chi connectivity index (χ0n) is 16.2. The Hall–Kier alpha value is -1.70. The lowest BCUT2D eigenvalue weighted by Crippen LogP contribution is -2.36. The number of carbonyl (C=O) groups is 2. The predicted molar refractivity (Wildman–Crippen MR) is 103 cm³/mol. The Balaban J connectivity index is 0.000000396. The van der Waals surface area contributed by atoms with Gasteiger partial charge < -0.3 is 14.7 Å². The minimum absolute atomic E-state index is 0.0194. The summed E-state index contributed by atoms with van der Waals surface area (Å²) < 4.78 is 60.3. The number of amides is 1. The normalized spacial score (nSPS) is 22.6. The number of likely N-dealkylation sites (tertiary alicyclic amines) is 1. The van der Waals surface area contributed by atoms with Gasteiger partial charge in [0.25, 0.3) is 0 Å². The van der Waals surface area contributed by atoms with E-state index >= 15 is 0 Å². The molecule has 13 heteroatoms. The van der Waals surface area contributed by atoms with Gasteiger partial charge in [-0.2, -0.15) is 24.5 Å². The molecule has 2 fully saturated rings. The zero-order chi connectivity index (χ0) is 22.5. The molecular weight excluding hydrogens is 449 g/mol. The quantitative estimate of drug-likeness (QED) is 0.700. The van der Waals surface area contributed by atoms with Crippen molar-refractivity contribution in [2.45, 2.75) is 18.8 Å². The average molecular weight is 473 g/mol. The summed E-state index contributed by atoms with van der Waals surface area (Å²) in [6.45, 7) is 4.40. The number of thiophene rings is 1. The van der Waals surface area contributed by atoms with Gasteiger partial charge in [0, 0.05) is 44.9 Å². The second-order valence-electron chi connectivity index (χ2n) is 7.21. The van der Waals surface area contributed by atoms with Gasteiger partial charge in [-0.15, -0.1) is 0 Å². The highest BCUT2D eigenvalue weighted by Gasteiger charge is 2.39. The summed E-state index contributed by atoms with van der Waals surface area (Å²) in [5, 5.41) is 11.4. The Kier molecular flexibility index (Phi) is 8.25. The molecule has 2 aliphatic heterocycles. The van der Waals surface area contributed by atoms with Crippen molar-refractivity contribution in [3.05, 3.63) is 22.4 Å². The standard InChI is InChI=1S/C15H22N2O4S2.C2HF3O2/c1-23(19,20)11-15(18)17-8-13-7-16(3-4-21-14(13)9-17)6-12-2-5-22-10-12;3-2(4,5)1(6)7/h2,5,10,13-14H,3-4,6-9,11H2,1H3;(H,6,7)/t13-,14+;/m0./s1. The summed E-state index contributed by atoms with van der Waals surface area (Å²) in [5.41, 5.74) is 1.30.